The van der Waals surface area contributed by atoms with Crippen LogP contribution in [0.1, 0.15) is 0 Å². The van der Waals surface area contributed by atoms with Gasteiger partial charge >= 0.3 is 17.1 Å². The summed E-state index contributed by atoms with van der Waals surface area (Å²) in [5, 5.41) is 31.2. The van der Waals surface area contributed by atoms with Crippen molar-refractivity contribution in [2.75, 3.05) is 0 Å². The molecule has 86 valence electrons. The van der Waals surface area contributed by atoms with Gasteiger partial charge in [-0.25, -0.2) is 0 Å². The highest BCUT2D eigenvalue weighted by Gasteiger charge is 2.34. The average Bonchev–Trinajstić information content (AvgIpc) is 2.16. The van der Waals surface area contributed by atoms with E-state index in [4.69, 9.17) is 0 Å². The molecule has 1 aromatic carbocycles. The van der Waals surface area contributed by atoms with Gasteiger partial charge in [0.1, 0.15) is 0 Å². The Bertz CT molecular complexity index is 425. The standard InChI is InChI=1S/C6H3N3O6.H2O/c10-7(11)4-2-1-3-5(8(12)13)6(4)9(14)15;/h1-3H;1H2. The van der Waals surface area contributed by atoms with E-state index in [9.17, 15) is 30.3 Å². The minimum absolute atomic E-state index is 0. The van der Waals surface area contributed by atoms with E-state index in [2.05, 4.69) is 0 Å². The first-order valence-electron chi connectivity index (χ1n) is 3.51. The number of rotatable bonds is 3. The fourth-order valence-electron chi connectivity index (χ4n) is 1.00. The molecule has 0 amide bonds. The van der Waals surface area contributed by atoms with Crippen LogP contribution in [0, 0.1) is 30.3 Å². The van der Waals surface area contributed by atoms with Crippen LogP contribution in [0.15, 0.2) is 18.2 Å². The summed E-state index contributed by atoms with van der Waals surface area (Å²) < 4.78 is 0. The molecule has 10 nitrogen and oxygen atoms in total. The van der Waals surface area contributed by atoms with Crippen LogP contribution in [0.4, 0.5) is 17.1 Å². The zero-order chi connectivity index (χ0) is 11.6. The van der Waals surface area contributed by atoms with Crippen molar-refractivity contribution in [3.63, 3.8) is 0 Å². The zero-order valence-corrected chi connectivity index (χ0v) is 7.52. The summed E-state index contributed by atoms with van der Waals surface area (Å²) in [6.45, 7) is 0. The Kier molecular flexibility index (Phi) is 3.97. The Hall–Kier alpha value is -2.62. The zero-order valence-electron chi connectivity index (χ0n) is 7.52. The maximum absolute atomic E-state index is 10.4. The van der Waals surface area contributed by atoms with Crippen molar-refractivity contribution in [1.29, 1.82) is 0 Å². The molecule has 1 rings (SSSR count). The van der Waals surface area contributed by atoms with Crippen molar-refractivity contribution < 1.29 is 20.2 Å². The third kappa shape index (κ3) is 2.24. The number of hydrogen-bond acceptors (Lipinski definition) is 6. The second-order valence-electron chi connectivity index (χ2n) is 2.42. The Labute approximate surface area is 86.9 Å². The molecular formula is C6H5N3O7. The minimum Gasteiger partial charge on any atom is -0.412 e. The van der Waals surface area contributed by atoms with Gasteiger partial charge in [0, 0.05) is 12.1 Å². The van der Waals surface area contributed by atoms with Gasteiger partial charge in [-0.3, -0.25) is 30.3 Å². The van der Waals surface area contributed by atoms with E-state index < -0.39 is 31.8 Å². The summed E-state index contributed by atoms with van der Waals surface area (Å²) in [6, 6.07) is 2.69. The molecule has 0 aliphatic carbocycles. The van der Waals surface area contributed by atoms with Crippen molar-refractivity contribution in [3.8, 4) is 0 Å². The number of nitro groups is 3. The Morgan fingerprint density at radius 3 is 1.44 bits per heavy atom. The van der Waals surface area contributed by atoms with Crippen molar-refractivity contribution in [2.24, 2.45) is 0 Å². The van der Waals surface area contributed by atoms with Gasteiger partial charge in [0.25, 0.3) is 0 Å². The van der Waals surface area contributed by atoms with Crippen molar-refractivity contribution in [1.82, 2.24) is 0 Å². The van der Waals surface area contributed by atoms with E-state index in [1.807, 2.05) is 0 Å². The van der Waals surface area contributed by atoms with Gasteiger partial charge in [-0.1, -0.05) is 0 Å². The lowest BCUT2D eigenvalue weighted by atomic mass is 10.2. The fourth-order valence-corrected chi connectivity index (χ4v) is 1.00. The average molecular weight is 231 g/mol. The Morgan fingerprint density at radius 2 is 1.19 bits per heavy atom. The van der Waals surface area contributed by atoms with E-state index in [-0.39, 0.29) is 5.48 Å². The highest BCUT2D eigenvalue weighted by Crippen LogP contribution is 2.35. The lowest BCUT2D eigenvalue weighted by Gasteiger charge is -1.95. The second kappa shape index (κ2) is 4.75. The molecule has 0 fully saturated rings. The predicted molar refractivity (Wildman–Crippen MR) is 50.0 cm³/mol. The molecule has 0 aromatic heterocycles. The number of hydrogen-bond donors (Lipinski definition) is 0. The summed E-state index contributed by atoms with van der Waals surface area (Å²) in [7, 11) is 0. The number of benzene rings is 1. The Morgan fingerprint density at radius 1 is 0.812 bits per heavy atom. The van der Waals surface area contributed by atoms with E-state index in [1.165, 1.54) is 0 Å². The maximum atomic E-state index is 10.4. The van der Waals surface area contributed by atoms with Crippen LogP contribution in [0.25, 0.3) is 0 Å². The molecule has 16 heavy (non-hydrogen) atoms. The first kappa shape index (κ1) is 13.4. The SMILES string of the molecule is O.O=[N+]([O-])c1cccc([N+](=O)[O-])c1[N+](=O)[O-]. The molecule has 0 atom stereocenters. The summed E-state index contributed by atoms with van der Waals surface area (Å²) in [4.78, 5) is 28.0. The quantitative estimate of drug-likeness (QED) is 0.545. The van der Waals surface area contributed by atoms with Crippen molar-refractivity contribution in [2.45, 2.75) is 0 Å². The topological polar surface area (TPSA) is 161 Å². The highest BCUT2D eigenvalue weighted by molar-refractivity contribution is 5.65. The van der Waals surface area contributed by atoms with Gasteiger partial charge in [-0.2, -0.15) is 0 Å². The van der Waals surface area contributed by atoms with Gasteiger partial charge in [0.2, 0.25) is 0 Å². The molecule has 0 bridgehead atoms. The van der Waals surface area contributed by atoms with Crippen LogP contribution in [0.3, 0.4) is 0 Å². The monoisotopic (exact) mass is 231 g/mol. The molecule has 0 aliphatic heterocycles. The predicted octanol–water partition coefficient (Wildman–Crippen LogP) is 0.586. The maximum Gasteiger partial charge on any atom is 0.422 e. The lowest BCUT2D eigenvalue weighted by Crippen LogP contribution is -2.00. The summed E-state index contributed by atoms with van der Waals surface area (Å²) in [6.07, 6.45) is 0. The highest BCUT2D eigenvalue weighted by atomic mass is 16.6. The van der Waals surface area contributed by atoms with Crippen LogP contribution in [0.2, 0.25) is 0 Å². The third-order valence-electron chi connectivity index (χ3n) is 1.57. The van der Waals surface area contributed by atoms with Gasteiger partial charge in [-0.05, 0) is 6.07 Å². The normalized spacial score (nSPS) is 9.00. The first-order valence-corrected chi connectivity index (χ1v) is 3.51. The van der Waals surface area contributed by atoms with Crippen LogP contribution in [-0.4, -0.2) is 20.2 Å². The molecule has 10 heteroatoms. The van der Waals surface area contributed by atoms with E-state index in [1.54, 1.807) is 0 Å². The van der Waals surface area contributed by atoms with Gasteiger partial charge in [-0.15, -0.1) is 0 Å². The van der Waals surface area contributed by atoms with Crippen molar-refractivity contribution >= 4 is 17.1 Å². The van der Waals surface area contributed by atoms with E-state index in [0.717, 1.165) is 18.2 Å². The van der Waals surface area contributed by atoms with Crippen LogP contribution in [0.5, 0.6) is 0 Å². The molecule has 0 spiro atoms. The molecule has 0 saturated carbocycles. The molecule has 0 aliphatic rings. The first-order chi connectivity index (χ1) is 6.95. The lowest BCUT2D eigenvalue weighted by molar-refractivity contribution is -0.441. The molecule has 0 radical (unpaired) electrons. The smallest absolute Gasteiger partial charge is 0.412 e. The van der Waals surface area contributed by atoms with Crippen molar-refractivity contribution in [3.05, 3.63) is 48.5 Å². The fraction of sp³-hybridized carbons (Fsp3) is 0. The second-order valence-corrected chi connectivity index (χ2v) is 2.42. The van der Waals surface area contributed by atoms with E-state index >= 15 is 0 Å². The van der Waals surface area contributed by atoms with Crippen LogP contribution >= 0.6 is 0 Å². The number of para-hydroxylation sites is 1. The van der Waals surface area contributed by atoms with Crippen LogP contribution in [-0.2, 0) is 0 Å². The number of nitro benzene ring substituents is 3. The van der Waals surface area contributed by atoms with Gasteiger partial charge < -0.3 is 5.48 Å². The van der Waals surface area contributed by atoms with Crippen LogP contribution < -0.4 is 0 Å². The summed E-state index contributed by atoms with van der Waals surface area (Å²) in [5.74, 6) is 0. The molecule has 1 aromatic rings. The Balaban J connectivity index is 0.00000225. The minimum atomic E-state index is -1.14. The van der Waals surface area contributed by atoms with Gasteiger partial charge in [0.15, 0.2) is 0 Å². The van der Waals surface area contributed by atoms with E-state index in [0.29, 0.717) is 0 Å². The molecule has 0 saturated heterocycles. The summed E-state index contributed by atoms with van der Waals surface area (Å²) in [5.41, 5.74) is -2.89. The largest absolute Gasteiger partial charge is 0.422 e. The third-order valence-corrected chi connectivity index (χ3v) is 1.57. The molecule has 0 unspecified atom stereocenters. The molecule has 0 heterocycles. The van der Waals surface area contributed by atoms with Gasteiger partial charge in [0.05, 0.1) is 14.8 Å². The molecular weight excluding hydrogens is 226 g/mol. The number of nitrogens with zero attached hydrogens (tertiary/aromatic N) is 3. The summed E-state index contributed by atoms with van der Waals surface area (Å²) >= 11 is 0. The molecule has 2 N–H and O–H groups in total.